The molecule has 1 aromatic rings. The molecule has 146 valence electrons. The summed E-state index contributed by atoms with van der Waals surface area (Å²) in [6, 6.07) is 4.79. The minimum absolute atomic E-state index is 0.262. The summed E-state index contributed by atoms with van der Waals surface area (Å²) in [4.78, 5) is 12.5. The molecule has 0 unspecified atom stereocenters. The lowest BCUT2D eigenvalue weighted by Gasteiger charge is -2.28. The van der Waals surface area contributed by atoms with E-state index in [9.17, 15) is 13.2 Å². The van der Waals surface area contributed by atoms with Crippen LogP contribution in [0.4, 0.5) is 5.69 Å². The third-order valence-corrected chi connectivity index (χ3v) is 7.23. The van der Waals surface area contributed by atoms with Gasteiger partial charge in [-0.1, -0.05) is 18.9 Å². The summed E-state index contributed by atoms with van der Waals surface area (Å²) in [5.41, 5.74) is 2.47. The molecule has 1 N–H and O–H groups in total. The van der Waals surface area contributed by atoms with E-state index in [1.54, 1.807) is 19.1 Å². The van der Waals surface area contributed by atoms with E-state index < -0.39 is 16.1 Å². The fourth-order valence-electron chi connectivity index (χ4n) is 3.49. The zero-order valence-corrected chi connectivity index (χ0v) is 17.8. The molecule has 0 heterocycles. The zero-order chi connectivity index (χ0) is 19.3. The average Bonchev–Trinajstić information content (AvgIpc) is 3.02. The molecule has 1 fully saturated rings. The largest absolute Gasteiger partial charge is 0.353 e. The maximum Gasteiger partial charge on any atom is 0.243 e. The van der Waals surface area contributed by atoms with E-state index in [0.29, 0.717) is 17.5 Å². The quantitative estimate of drug-likeness (QED) is 0.683. The lowest BCUT2D eigenvalue weighted by atomic mass is 10.1. The Morgan fingerprint density at radius 3 is 2.35 bits per heavy atom. The van der Waals surface area contributed by atoms with Crippen LogP contribution in [0.2, 0.25) is 0 Å². The van der Waals surface area contributed by atoms with Gasteiger partial charge in [0.25, 0.3) is 0 Å². The number of carbonyl (C=O) groups excluding carboxylic acids is 1. The molecule has 0 spiro atoms. The van der Waals surface area contributed by atoms with Crippen LogP contribution < -0.4 is 9.62 Å². The van der Waals surface area contributed by atoms with E-state index in [1.165, 1.54) is 30.0 Å². The third kappa shape index (κ3) is 5.91. The summed E-state index contributed by atoms with van der Waals surface area (Å²) in [7, 11) is -3.57. The van der Waals surface area contributed by atoms with E-state index in [-0.39, 0.29) is 5.91 Å². The minimum Gasteiger partial charge on any atom is -0.353 e. The van der Waals surface area contributed by atoms with Gasteiger partial charge in [-0.05, 0) is 56.9 Å². The van der Waals surface area contributed by atoms with Crippen molar-refractivity contribution in [1.82, 2.24) is 5.32 Å². The van der Waals surface area contributed by atoms with Crippen LogP contribution in [0, 0.1) is 13.8 Å². The lowest BCUT2D eigenvalue weighted by molar-refractivity contribution is -0.121. The second-order valence-electron chi connectivity index (χ2n) is 7.15. The molecule has 1 aliphatic carbocycles. The molecule has 5 nitrogen and oxygen atoms in total. The minimum atomic E-state index is -3.57. The first-order valence-electron chi connectivity index (χ1n) is 9.15. The number of hydrogen-bond donors (Lipinski definition) is 1. The van der Waals surface area contributed by atoms with Crippen molar-refractivity contribution < 1.29 is 13.2 Å². The van der Waals surface area contributed by atoms with Crippen LogP contribution in [0.5, 0.6) is 0 Å². The molecule has 0 aliphatic heterocycles. The summed E-state index contributed by atoms with van der Waals surface area (Å²) in [6.45, 7) is 6.04. The van der Waals surface area contributed by atoms with Crippen LogP contribution >= 0.6 is 11.8 Å². The molecule has 0 bridgehead atoms. The first-order valence-corrected chi connectivity index (χ1v) is 12.0. The highest BCUT2D eigenvalue weighted by molar-refractivity contribution is 7.99. The molecule has 7 heteroatoms. The number of carbonyl (C=O) groups is 1. The molecule has 2 rings (SSSR count). The highest BCUT2D eigenvalue weighted by atomic mass is 32.2. The Labute approximate surface area is 162 Å². The Hall–Kier alpha value is -1.21. The van der Waals surface area contributed by atoms with Crippen LogP contribution in [0.3, 0.4) is 0 Å². The summed E-state index contributed by atoms with van der Waals surface area (Å²) in [6.07, 6.45) is 6.29. The van der Waals surface area contributed by atoms with Crippen LogP contribution in [0.1, 0.15) is 43.7 Å². The van der Waals surface area contributed by atoms with Gasteiger partial charge in [-0.15, -0.1) is 0 Å². The SMILES string of the molecule is Cc1cc(C)cc(N([C@H](C)C(=O)NCCSC2CCCC2)S(C)(=O)=O)c1. The number of anilines is 1. The predicted octanol–water partition coefficient (Wildman–Crippen LogP) is 3.25. The van der Waals surface area contributed by atoms with Gasteiger partial charge in [0.15, 0.2) is 0 Å². The molecule has 0 radical (unpaired) electrons. The zero-order valence-electron chi connectivity index (χ0n) is 16.1. The van der Waals surface area contributed by atoms with Crippen LogP contribution in [0.15, 0.2) is 18.2 Å². The van der Waals surface area contributed by atoms with Gasteiger partial charge in [0.2, 0.25) is 15.9 Å². The summed E-state index contributed by atoms with van der Waals surface area (Å²) in [5.74, 6) is 0.604. The Morgan fingerprint density at radius 2 is 1.81 bits per heavy atom. The van der Waals surface area contributed by atoms with Crippen LogP contribution in [-0.2, 0) is 14.8 Å². The molecule has 1 amide bonds. The Morgan fingerprint density at radius 1 is 1.23 bits per heavy atom. The summed E-state index contributed by atoms with van der Waals surface area (Å²) < 4.78 is 25.9. The molecule has 0 saturated heterocycles. The van der Waals surface area contributed by atoms with Gasteiger partial charge < -0.3 is 5.32 Å². The van der Waals surface area contributed by atoms with E-state index in [1.807, 2.05) is 31.7 Å². The van der Waals surface area contributed by atoms with Crippen molar-refractivity contribution in [2.75, 3.05) is 22.9 Å². The maximum atomic E-state index is 12.5. The molecule has 1 aromatic carbocycles. The van der Waals surface area contributed by atoms with Gasteiger partial charge in [-0.2, -0.15) is 11.8 Å². The smallest absolute Gasteiger partial charge is 0.243 e. The summed E-state index contributed by atoms with van der Waals surface area (Å²) in [5, 5.41) is 3.61. The normalized spacial score (nSPS) is 16.5. The fraction of sp³-hybridized carbons (Fsp3) is 0.632. The number of sulfonamides is 1. The van der Waals surface area contributed by atoms with Crippen LogP contribution in [-0.4, -0.2) is 44.2 Å². The molecule has 1 aliphatic rings. The number of nitrogens with one attached hydrogen (secondary N) is 1. The molecule has 0 aromatic heterocycles. The first-order chi connectivity index (χ1) is 12.2. The van der Waals surface area contributed by atoms with Crippen molar-refractivity contribution >= 4 is 33.4 Å². The third-order valence-electron chi connectivity index (χ3n) is 4.61. The average molecular weight is 399 g/mol. The molecule has 26 heavy (non-hydrogen) atoms. The van der Waals surface area contributed by atoms with E-state index in [4.69, 9.17) is 0 Å². The first kappa shape index (κ1) is 21.1. The number of nitrogens with zero attached hydrogens (tertiary/aromatic N) is 1. The monoisotopic (exact) mass is 398 g/mol. The number of aryl methyl sites for hydroxylation is 2. The Bertz CT molecular complexity index is 708. The van der Waals surface area contributed by atoms with Gasteiger partial charge in [0, 0.05) is 17.5 Å². The Kier molecular flexibility index (Phi) is 7.41. The standard InChI is InChI=1S/C19H30N2O3S2/c1-14-11-15(2)13-17(12-14)21(26(4,23)24)16(3)19(22)20-9-10-25-18-7-5-6-8-18/h11-13,16,18H,5-10H2,1-4H3,(H,20,22)/t16-/m1/s1. The second kappa shape index (κ2) is 9.13. The van der Waals surface area contributed by atoms with Crippen LogP contribution in [0.25, 0.3) is 0 Å². The number of amides is 1. The van der Waals surface area contributed by atoms with E-state index in [0.717, 1.165) is 23.1 Å². The maximum absolute atomic E-state index is 12.5. The van der Waals surface area contributed by atoms with Gasteiger partial charge >= 0.3 is 0 Å². The van der Waals surface area contributed by atoms with Crippen molar-refractivity contribution in [1.29, 1.82) is 0 Å². The van der Waals surface area contributed by atoms with E-state index >= 15 is 0 Å². The number of hydrogen-bond acceptors (Lipinski definition) is 4. The number of benzene rings is 1. The van der Waals surface area contributed by atoms with Gasteiger partial charge in [-0.25, -0.2) is 8.42 Å². The van der Waals surface area contributed by atoms with Crippen molar-refractivity contribution in [2.45, 2.75) is 57.7 Å². The van der Waals surface area contributed by atoms with Crippen molar-refractivity contribution in [3.63, 3.8) is 0 Å². The van der Waals surface area contributed by atoms with Gasteiger partial charge in [0.1, 0.15) is 6.04 Å². The lowest BCUT2D eigenvalue weighted by Crippen LogP contribution is -2.48. The number of rotatable bonds is 8. The van der Waals surface area contributed by atoms with E-state index in [2.05, 4.69) is 5.32 Å². The number of thioether (sulfide) groups is 1. The predicted molar refractivity (Wildman–Crippen MR) is 110 cm³/mol. The van der Waals surface area contributed by atoms with Gasteiger partial charge in [0.05, 0.1) is 11.9 Å². The topological polar surface area (TPSA) is 66.5 Å². The van der Waals surface area contributed by atoms with Crippen molar-refractivity contribution in [3.05, 3.63) is 29.3 Å². The highest BCUT2D eigenvalue weighted by Gasteiger charge is 2.29. The molecule has 1 saturated carbocycles. The fourth-order valence-corrected chi connectivity index (χ4v) is 5.87. The molecule has 1 atom stereocenters. The van der Waals surface area contributed by atoms with Gasteiger partial charge in [-0.3, -0.25) is 9.10 Å². The van der Waals surface area contributed by atoms with Crippen molar-refractivity contribution in [2.24, 2.45) is 0 Å². The molecular formula is C19H30N2O3S2. The molecular weight excluding hydrogens is 368 g/mol. The second-order valence-corrected chi connectivity index (χ2v) is 10.4. The summed E-state index contributed by atoms with van der Waals surface area (Å²) >= 11 is 1.91. The Balaban J connectivity index is 2.01. The van der Waals surface area contributed by atoms with Crippen molar-refractivity contribution in [3.8, 4) is 0 Å². The highest BCUT2D eigenvalue weighted by Crippen LogP contribution is 2.29.